The van der Waals surface area contributed by atoms with Crippen LogP contribution < -0.4 is 10.1 Å². The number of nitrogens with one attached hydrogen (secondary N) is 1. The fourth-order valence-corrected chi connectivity index (χ4v) is 3.63. The van der Waals surface area contributed by atoms with E-state index in [9.17, 15) is 19.5 Å². The van der Waals surface area contributed by atoms with Crippen LogP contribution in [0.25, 0.3) is 0 Å². The summed E-state index contributed by atoms with van der Waals surface area (Å²) in [5, 5.41) is 12.3. The van der Waals surface area contributed by atoms with Crippen LogP contribution in [0.2, 0.25) is 0 Å². The minimum absolute atomic E-state index is 0.117. The van der Waals surface area contributed by atoms with Gasteiger partial charge in [-0.1, -0.05) is 12.1 Å². The molecule has 2 aromatic rings. The number of amides is 2. The number of carboxylic acids is 1. The molecule has 1 aliphatic heterocycles. The highest BCUT2D eigenvalue weighted by Gasteiger charge is 2.31. The topological polar surface area (TPSA) is 95.9 Å². The predicted octanol–water partition coefficient (Wildman–Crippen LogP) is 3.23. The Morgan fingerprint density at radius 1 is 1.03 bits per heavy atom. The molecule has 2 N–H and O–H groups in total. The van der Waals surface area contributed by atoms with Gasteiger partial charge in [-0.2, -0.15) is 0 Å². The standard InChI is InChI=1S/C23H26N2O5/c1-15-4-3-5-21(12-15)30-20-10-7-17(8-11-20)22(27)25-13-18(23(28)29)6-9-19(14-25)24-16(2)26/h3-5,7-8,10-12,18-19H,6,9,13-14H2,1-2H3,(H,24,26)(H,28,29)/t18-,19+/m0/s1. The number of aliphatic carboxylic acids is 1. The van der Waals surface area contributed by atoms with Crippen molar-refractivity contribution in [2.75, 3.05) is 13.1 Å². The number of carbonyl (C=O) groups is 3. The SMILES string of the molecule is CC(=O)N[C@@H]1CC[C@H](C(=O)O)CN(C(=O)c2ccc(Oc3cccc(C)c3)cc2)C1. The summed E-state index contributed by atoms with van der Waals surface area (Å²) in [6.45, 7) is 3.79. The van der Waals surface area contributed by atoms with Crippen molar-refractivity contribution in [1.29, 1.82) is 0 Å². The minimum atomic E-state index is -0.932. The van der Waals surface area contributed by atoms with Gasteiger partial charge < -0.3 is 20.1 Å². The highest BCUT2D eigenvalue weighted by molar-refractivity contribution is 5.94. The number of carboxylic acid groups (broad SMARTS) is 1. The molecule has 2 amide bonds. The van der Waals surface area contributed by atoms with E-state index in [2.05, 4.69) is 5.32 Å². The van der Waals surface area contributed by atoms with Crippen molar-refractivity contribution in [2.24, 2.45) is 5.92 Å². The first-order valence-corrected chi connectivity index (χ1v) is 9.95. The van der Waals surface area contributed by atoms with Crippen molar-refractivity contribution in [3.8, 4) is 11.5 Å². The first-order chi connectivity index (χ1) is 14.3. The van der Waals surface area contributed by atoms with E-state index in [0.29, 0.717) is 29.9 Å². The van der Waals surface area contributed by atoms with Gasteiger partial charge in [-0.3, -0.25) is 14.4 Å². The van der Waals surface area contributed by atoms with E-state index in [1.165, 1.54) is 11.8 Å². The maximum atomic E-state index is 13.0. The van der Waals surface area contributed by atoms with Crippen LogP contribution in [0.5, 0.6) is 11.5 Å². The quantitative estimate of drug-likeness (QED) is 0.789. The summed E-state index contributed by atoms with van der Waals surface area (Å²) >= 11 is 0. The average Bonchev–Trinajstić information content (AvgIpc) is 2.90. The van der Waals surface area contributed by atoms with Gasteiger partial charge in [0, 0.05) is 31.6 Å². The fourth-order valence-electron chi connectivity index (χ4n) is 3.63. The number of benzene rings is 2. The Morgan fingerprint density at radius 3 is 2.40 bits per heavy atom. The molecule has 2 aromatic carbocycles. The van der Waals surface area contributed by atoms with Crippen molar-refractivity contribution in [1.82, 2.24) is 10.2 Å². The van der Waals surface area contributed by atoms with Crippen molar-refractivity contribution in [3.05, 3.63) is 59.7 Å². The first kappa shape index (κ1) is 21.4. The van der Waals surface area contributed by atoms with Crippen LogP contribution in [-0.2, 0) is 9.59 Å². The van der Waals surface area contributed by atoms with Gasteiger partial charge in [0.05, 0.1) is 5.92 Å². The maximum absolute atomic E-state index is 13.0. The third kappa shape index (κ3) is 5.59. The molecule has 7 heteroatoms. The molecule has 0 radical (unpaired) electrons. The summed E-state index contributed by atoms with van der Waals surface area (Å²) in [6.07, 6.45) is 0.928. The van der Waals surface area contributed by atoms with Crippen LogP contribution in [0.4, 0.5) is 0 Å². The van der Waals surface area contributed by atoms with Gasteiger partial charge in [-0.25, -0.2) is 0 Å². The molecule has 0 aromatic heterocycles. The van der Waals surface area contributed by atoms with Gasteiger partial charge in [0.25, 0.3) is 5.91 Å². The number of carbonyl (C=O) groups excluding carboxylic acids is 2. The predicted molar refractivity (Wildman–Crippen MR) is 112 cm³/mol. The van der Waals surface area contributed by atoms with Gasteiger partial charge in [0.15, 0.2) is 0 Å². The zero-order valence-corrected chi connectivity index (χ0v) is 17.1. The molecule has 0 saturated carbocycles. The smallest absolute Gasteiger partial charge is 0.308 e. The van der Waals surface area contributed by atoms with Gasteiger partial charge in [0.1, 0.15) is 11.5 Å². The number of rotatable bonds is 5. The van der Waals surface area contributed by atoms with E-state index < -0.39 is 11.9 Å². The molecule has 3 rings (SSSR count). The Balaban J connectivity index is 1.73. The van der Waals surface area contributed by atoms with E-state index in [0.717, 1.165) is 5.56 Å². The lowest BCUT2D eigenvalue weighted by molar-refractivity contribution is -0.142. The van der Waals surface area contributed by atoms with Crippen molar-refractivity contribution in [3.63, 3.8) is 0 Å². The normalized spacial score (nSPS) is 18.9. The Morgan fingerprint density at radius 2 is 1.77 bits per heavy atom. The van der Waals surface area contributed by atoms with Gasteiger partial charge in [-0.05, 0) is 61.7 Å². The summed E-state index contributed by atoms with van der Waals surface area (Å²) in [6, 6.07) is 14.2. The van der Waals surface area contributed by atoms with Crippen LogP contribution in [0.1, 0.15) is 35.7 Å². The van der Waals surface area contributed by atoms with E-state index in [4.69, 9.17) is 4.74 Å². The number of aryl methyl sites for hydroxylation is 1. The molecule has 7 nitrogen and oxygen atoms in total. The second-order valence-electron chi connectivity index (χ2n) is 7.66. The number of ether oxygens (including phenoxy) is 1. The highest BCUT2D eigenvalue weighted by atomic mass is 16.5. The molecular weight excluding hydrogens is 384 g/mol. The van der Waals surface area contributed by atoms with Crippen molar-refractivity contribution < 1.29 is 24.2 Å². The summed E-state index contributed by atoms with van der Waals surface area (Å²) in [7, 11) is 0. The lowest BCUT2D eigenvalue weighted by Gasteiger charge is -2.26. The summed E-state index contributed by atoms with van der Waals surface area (Å²) in [5.41, 5.74) is 1.53. The fraction of sp³-hybridized carbons (Fsp3) is 0.348. The Bertz CT molecular complexity index is 925. The summed E-state index contributed by atoms with van der Waals surface area (Å²) in [5.74, 6) is -0.731. The zero-order valence-electron chi connectivity index (χ0n) is 17.1. The third-order valence-electron chi connectivity index (χ3n) is 5.12. The van der Waals surface area contributed by atoms with Crippen molar-refractivity contribution >= 4 is 17.8 Å². The molecular formula is C23H26N2O5. The molecule has 2 atom stereocenters. The van der Waals surface area contributed by atoms with Crippen LogP contribution >= 0.6 is 0 Å². The van der Waals surface area contributed by atoms with Gasteiger partial charge in [-0.15, -0.1) is 0 Å². The van der Waals surface area contributed by atoms with E-state index >= 15 is 0 Å². The Kier molecular flexibility index (Phi) is 6.72. The lowest BCUT2D eigenvalue weighted by Crippen LogP contribution is -2.44. The second kappa shape index (κ2) is 9.43. The molecule has 1 aliphatic rings. The highest BCUT2D eigenvalue weighted by Crippen LogP contribution is 2.24. The van der Waals surface area contributed by atoms with Crippen LogP contribution in [-0.4, -0.2) is 46.9 Å². The molecule has 1 fully saturated rings. The zero-order chi connectivity index (χ0) is 21.7. The van der Waals surface area contributed by atoms with Gasteiger partial charge in [0.2, 0.25) is 5.91 Å². The van der Waals surface area contributed by atoms with Crippen LogP contribution in [0.15, 0.2) is 48.5 Å². The molecule has 0 bridgehead atoms. The number of hydrogen-bond donors (Lipinski definition) is 2. The summed E-state index contributed by atoms with van der Waals surface area (Å²) < 4.78 is 5.82. The molecule has 0 aliphatic carbocycles. The molecule has 0 unspecified atom stereocenters. The second-order valence-corrected chi connectivity index (χ2v) is 7.66. The summed E-state index contributed by atoms with van der Waals surface area (Å²) in [4.78, 5) is 37.6. The lowest BCUT2D eigenvalue weighted by atomic mass is 10.0. The van der Waals surface area contributed by atoms with Crippen LogP contribution in [0, 0.1) is 12.8 Å². The number of likely N-dealkylation sites (tertiary alicyclic amines) is 1. The minimum Gasteiger partial charge on any atom is -0.481 e. The molecule has 1 heterocycles. The first-order valence-electron chi connectivity index (χ1n) is 9.95. The van der Waals surface area contributed by atoms with Gasteiger partial charge >= 0.3 is 5.97 Å². The third-order valence-corrected chi connectivity index (χ3v) is 5.12. The van der Waals surface area contributed by atoms with E-state index in [1.807, 2.05) is 31.2 Å². The monoisotopic (exact) mass is 410 g/mol. The Hall–Kier alpha value is -3.35. The average molecular weight is 410 g/mol. The molecule has 30 heavy (non-hydrogen) atoms. The largest absolute Gasteiger partial charge is 0.481 e. The van der Waals surface area contributed by atoms with E-state index in [1.54, 1.807) is 24.3 Å². The number of hydrogen-bond acceptors (Lipinski definition) is 4. The van der Waals surface area contributed by atoms with Crippen LogP contribution in [0.3, 0.4) is 0 Å². The molecule has 1 saturated heterocycles. The molecule has 158 valence electrons. The Labute approximate surface area is 175 Å². The number of nitrogens with zero attached hydrogens (tertiary/aromatic N) is 1. The molecule has 0 spiro atoms. The maximum Gasteiger partial charge on any atom is 0.308 e. The van der Waals surface area contributed by atoms with Crippen molar-refractivity contribution in [2.45, 2.75) is 32.7 Å². The van der Waals surface area contributed by atoms with E-state index in [-0.39, 0.29) is 30.9 Å².